The highest BCUT2D eigenvalue weighted by Crippen LogP contribution is 2.19. The lowest BCUT2D eigenvalue weighted by atomic mass is 10.1. The molecule has 0 aliphatic heterocycles. The third-order valence-electron chi connectivity index (χ3n) is 4.23. The largest absolute Gasteiger partial charge is 0.489 e. The van der Waals surface area contributed by atoms with Crippen molar-refractivity contribution in [2.75, 3.05) is 7.05 Å². The number of carbonyl (C=O) groups is 1. The molecule has 3 aromatic rings. The minimum absolute atomic E-state index is 0.0385. The fourth-order valence-electron chi connectivity index (χ4n) is 2.83. The zero-order valence-electron chi connectivity index (χ0n) is 15.4. The molecule has 0 saturated heterocycles. The average molecular weight is 384 g/mol. The Bertz CT molecular complexity index is 923. The zero-order chi connectivity index (χ0) is 19.2. The van der Waals surface area contributed by atoms with Crippen LogP contribution in [-0.4, -0.2) is 27.6 Å². The minimum atomic E-state index is -0.0385. The van der Waals surface area contributed by atoms with Gasteiger partial charge in [0.25, 0.3) is 5.91 Å². The Morgan fingerprint density at radius 1 is 1.19 bits per heavy atom. The van der Waals surface area contributed by atoms with Crippen LogP contribution in [0.5, 0.6) is 5.75 Å². The van der Waals surface area contributed by atoms with Crippen molar-refractivity contribution in [1.29, 1.82) is 0 Å². The number of nitrogens with zero attached hydrogens (tertiary/aromatic N) is 3. The number of halogens is 1. The van der Waals surface area contributed by atoms with E-state index >= 15 is 0 Å². The SMILES string of the molecule is CCn1nccc1CN(C)C(=O)c1cccc(COc2cccc(Cl)c2)c1. The van der Waals surface area contributed by atoms with Crippen LogP contribution in [0.2, 0.25) is 5.02 Å². The molecule has 0 unspecified atom stereocenters. The Morgan fingerprint density at radius 3 is 2.78 bits per heavy atom. The van der Waals surface area contributed by atoms with Gasteiger partial charge in [0, 0.05) is 30.4 Å². The Kier molecular flexibility index (Phi) is 6.14. The quantitative estimate of drug-likeness (QED) is 0.607. The Balaban J connectivity index is 1.66. The maximum atomic E-state index is 12.8. The van der Waals surface area contributed by atoms with Crippen molar-refractivity contribution in [3.8, 4) is 5.75 Å². The summed E-state index contributed by atoms with van der Waals surface area (Å²) in [4.78, 5) is 14.5. The number of ether oxygens (including phenoxy) is 1. The fourth-order valence-corrected chi connectivity index (χ4v) is 3.01. The normalized spacial score (nSPS) is 10.6. The van der Waals surface area contributed by atoms with E-state index in [1.54, 1.807) is 30.3 Å². The Hall–Kier alpha value is -2.79. The van der Waals surface area contributed by atoms with Gasteiger partial charge in [0.1, 0.15) is 12.4 Å². The van der Waals surface area contributed by atoms with E-state index in [0.717, 1.165) is 17.8 Å². The summed E-state index contributed by atoms with van der Waals surface area (Å²) in [7, 11) is 1.80. The van der Waals surface area contributed by atoms with Crippen LogP contribution in [-0.2, 0) is 19.7 Å². The molecule has 0 radical (unpaired) electrons. The smallest absolute Gasteiger partial charge is 0.253 e. The number of hydrogen-bond acceptors (Lipinski definition) is 3. The summed E-state index contributed by atoms with van der Waals surface area (Å²) in [5.41, 5.74) is 2.56. The lowest BCUT2D eigenvalue weighted by Gasteiger charge is -2.18. The van der Waals surface area contributed by atoms with Crippen LogP contribution < -0.4 is 4.74 Å². The van der Waals surface area contributed by atoms with E-state index in [1.165, 1.54) is 0 Å². The third-order valence-corrected chi connectivity index (χ3v) is 4.46. The number of hydrogen-bond donors (Lipinski definition) is 0. The molecule has 5 nitrogen and oxygen atoms in total. The van der Waals surface area contributed by atoms with Crippen LogP contribution in [0.25, 0.3) is 0 Å². The number of amides is 1. The molecule has 0 atom stereocenters. The standard InChI is InChI=1S/C21H22ClN3O2/c1-3-25-19(10-11-23-25)14-24(2)21(26)17-7-4-6-16(12-17)15-27-20-9-5-8-18(22)13-20/h4-13H,3,14-15H2,1-2H3. The van der Waals surface area contributed by atoms with Gasteiger partial charge in [0.2, 0.25) is 0 Å². The number of benzene rings is 2. The van der Waals surface area contributed by atoms with Gasteiger partial charge in [-0.05, 0) is 48.9 Å². The van der Waals surface area contributed by atoms with E-state index in [4.69, 9.17) is 16.3 Å². The van der Waals surface area contributed by atoms with E-state index in [0.29, 0.717) is 29.5 Å². The molecule has 2 aromatic carbocycles. The van der Waals surface area contributed by atoms with Gasteiger partial charge in [-0.2, -0.15) is 5.10 Å². The van der Waals surface area contributed by atoms with E-state index < -0.39 is 0 Å². The van der Waals surface area contributed by atoms with Gasteiger partial charge in [-0.15, -0.1) is 0 Å². The molecule has 27 heavy (non-hydrogen) atoms. The lowest BCUT2D eigenvalue weighted by Crippen LogP contribution is -2.27. The molecule has 1 amide bonds. The van der Waals surface area contributed by atoms with Crippen molar-refractivity contribution in [2.24, 2.45) is 0 Å². The highest BCUT2D eigenvalue weighted by molar-refractivity contribution is 6.30. The summed E-state index contributed by atoms with van der Waals surface area (Å²) in [6.07, 6.45) is 1.75. The van der Waals surface area contributed by atoms with Gasteiger partial charge in [0.05, 0.1) is 12.2 Å². The Labute approximate surface area is 164 Å². The Morgan fingerprint density at radius 2 is 2.00 bits per heavy atom. The van der Waals surface area contributed by atoms with Crippen LogP contribution >= 0.6 is 11.6 Å². The van der Waals surface area contributed by atoms with E-state index in [1.807, 2.05) is 54.1 Å². The van der Waals surface area contributed by atoms with Crippen LogP contribution in [0.3, 0.4) is 0 Å². The topological polar surface area (TPSA) is 47.4 Å². The molecule has 0 fully saturated rings. The van der Waals surface area contributed by atoms with Gasteiger partial charge >= 0.3 is 0 Å². The second kappa shape index (κ2) is 8.73. The maximum absolute atomic E-state index is 12.8. The summed E-state index contributed by atoms with van der Waals surface area (Å²) in [6.45, 7) is 3.69. The van der Waals surface area contributed by atoms with Crippen LogP contribution in [0.15, 0.2) is 60.8 Å². The molecule has 6 heteroatoms. The fraction of sp³-hybridized carbons (Fsp3) is 0.238. The molecule has 1 aromatic heterocycles. The molecule has 0 saturated carbocycles. The monoisotopic (exact) mass is 383 g/mol. The average Bonchev–Trinajstić information content (AvgIpc) is 3.13. The van der Waals surface area contributed by atoms with Crippen LogP contribution in [0, 0.1) is 0 Å². The zero-order valence-corrected chi connectivity index (χ0v) is 16.2. The van der Waals surface area contributed by atoms with Crippen molar-refractivity contribution in [2.45, 2.75) is 26.6 Å². The highest BCUT2D eigenvalue weighted by atomic mass is 35.5. The first kappa shape index (κ1) is 19.0. The number of rotatable bonds is 7. The summed E-state index contributed by atoms with van der Waals surface area (Å²) < 4.78 is 7.65. The lowest BCUT2D eigenvalue weighted by molar-refractivity contribution is 0.0781. The summed E-state index contributed by atoms with van der Waals surface area (Å²) in [6, 6.07) is 16.7. The third kappa shape index (κ3) is 4.89. The van der Waals surface area contributed by atoms with Crippen LogP contribution in [0.1, 0.15) is 28.5 Å². The number of aryl methyl sites for hydroxylation is 1. The van der Waals surface area contributed by atoms with Gasteiger partial charge in [0.15, 0.2) is 0 Å². The molecule has 0 aliphatic rings. The molecular formula is C21H22ClN3O2. The van der Waals surface area contributed by atoms with E-state index in [2.05, 4.69) is 5.10 Å². The van der Waals surface area contributed by atoms with Gasteiger partial charge in [-0.25, -0.2) is 0 Å². The number of aromatic nitrogens is 2. The number of carbonyl (C=O) groups excluding carboxylic acids is 1. The summed E-state index contributed by atoms with van der Waals surface area (Å²) >= 11 is 5.97. The second-order valence-electron chi connectivity index (χ2n) is 6.25. The molecule has 0 N–H and O–H groups in total. The molecule has 0 spiro atoms. The van der Waals surface area contributed by atoms with Crippen molar-refractivity contribution >= 4 is 17.5 Å². The van der Waals surface area contributed by atoms with Crippen molar-refractivity contribution in [3.63, 3.8) is 0 Å². The maximum Gasteiger partial charge on any atom is 0.253 e. The highest BCUT2D eigenvalue weighted by Gasteiger charge is 2.14. The molecule has 0 aliphatic carbocycles. The summed E-state index contributed by atoms with van der Waals surface area (Å²) in [5, 5.41) is 4.88. The molecule has 3 rings (SSSR count). The molecular weight excluding hydrogens is 362 g/mol. The first-order valence-electron chi connectivity index (χ1n) is 8.80. The molecule has 140 valence electrons. The second-order valence-corrected chi connectivity index (χ2v) is 6.68. The van der Waals surface area contributed by atoms with Gasteiger partial charge < -0.3 is 9.64 Å². The van der Waals surface area contributed by atoms with Crippen LogP contribution in [0.4, 0.5) is 0 Å². The molecule has 1 heterocycles. The molecule has 0 bridgehead atoms. The summed E-state index contributed by atoms with van der Waals surface area (Å²) in [5.74, 6) is 0.660. The predicted octanol–water partition coefficient (Wildman–Crippen LogP) is 4.41. The van der Waals surface area contributed by atoms with Crippen molar-refractivity contribution < 1.29 is 9.53 Å². The predicted molar refractivity (Wildman–Crippen MR) is 106 cm³/mol. The van der Waals surface area contributed by atoms with E-state index in [9.17, 15) is 4.79 Å². The van der Waals surface area contributed by atoms with E-state index in [-0.39, 0.29) is 5.91 Å². The van der Waals surface area contributed by atoms with Crippen molar-refractivity contribution in [1.82, 2.24) is 14.7 Å². The first-order chi connectivity index (χ1) is 13.1. The van der Waals surface area contributed by atoms with Gasteiger partial charge in [-0.3, -0.25) is 9.48 Å². The van der Waals surface area contributed by atoms with Crippen molar-refractivity contribution in [3.05, 3.63) is 82.6 Å². The minimum Gasteiger partial charge on any atom is -0.489 e. The first-order valence-corrected chi connectivity index (χ1v) is 9.18. The van der Waals surface area contributed by atoms with Gasteiger partial charge in [-0.1, -0.05) is 29.8 Å².